The number of hydrogen-bond acceptors (Lipinski definition) is 3. The lowest BCUT2D eigenvalue weighted by Crippen LogP contribution is -2.29. The lowest BCUT2D eigenvalue weighted by molar-refractivity contribution is 0.185. The van der Waals surface area contributed by atoms with Gasteiger partial charge in [0.25, 0.3) is 0 Å². The molecule has 3 heteroatoms. The zero-order valence-corrected chi connectivity index (χ0v) is 11.2. The molecule has 18 heavy (non-hydrogen) atoms. The fourth-order valence-corrected chi connectivity index (χ4v) is 2.48. The Morgan fingerprint density at radius 1 is 1.28 bits per heavy atom. The number of nitrogens with one attached hydrogen (secondary N) is 2. The highest BCUT2D eigenvalue weighted by Gasteiger charge is 2.10. The lowest BCUT2D eigenvalue weighted by Gasteiger charge is -2.16. The average Bonchev–Trinajstić information content (AvgIpc) is 2.66. The van der Waals surface area contributed by atoms with Crippen molar-refractivity contribution < 1.29 is 4.74 Å². The predicted molar refractivity (Wildman–Crippen MR) is 74.5 cm³/mol. The minimum Gasteiger partial charge on any atom is -0.380 e. The van der Waals surface area contributed by atoms with Crippen LogP contribution in [-0.2, 0) is 17.9 Å². The van der Waals surface area contributed by atoms with Crippen LogP contribution < -0.4 is 10.6 Å². The van der Waals surface area contributed by atoms with Gasteiger partial charge in [-0.15, -0.1) is 0 Å². The van der Waals surface area contributed by atoms with Gasteiger partial charge in [-0.05, 0) is 43.5 Å². The minimum absolute atomic E-state index is 0.658. The van der Waals surface area contributed by atoms with Crippen molar-refractivity contribution in [2.45, 2.75) is 38.5 Å². The van der Waals surface area contributed by atoms with Gasteiger partial charge in [-0.3, -0.25) is 0 Å². The largest absolute Gasteiger partial charge is 0.380 e. The first kappa shape index (κ1) is 13.5. The second-order valence-corrected chi connectivity index (χ2v) is 5.01. The molecule has 0 radical (unpaired) electrons. The molecule has 1 aliphatic heterocycles. The van der Waals surface area contributed by atoms with E-state index < -0.39 is 0 Å². The Bertz CT molecular complexity index is 346. The van der Waals surface area contributed by atoms with Crippen molar-refractivity contribution in [3.8, 4) is 0 Å². The SMILES string of the molecule is COCc1cccc(CNC2CCCNCC2)c1. The van der Waals surface area contributed by atoms with E-state index in [0.29, 0.717) is 12.6 Å². The van der Waals surface area contributed by atoms with Gasteiger partial charge in [-0.2, -0.15) is 0 Å². The fraction of sp³-hybridized carbons (Fsp3) is 0.600. The second kappa shape index (κ2) is 7.52. The highest BCUT2D eigenvalue weighted by molar-refractivity contribution is 5.22. The van der Waals surface area contributed by atoms with Crippen molar-refractivity contribution in [2.75, 3.05) is 20.2 Å². The first-order valence-electron chi connectivity index (χ1n) is 6.89. The van der Waals surface area contributed by atoms with Crippen LogP contribution in [0.3, 0.4) is 0 Å². The summed E-state index contributed by atoms with van der Waals surface area (Å²) in [5, 5.41) is 7.11. The molecular formula is C15H24N2O. The number of ether oxygens (including phenoxy) is 1. The van der Waals surface area contributed by atoms with E-state index in [1.807, 2.05) is 0 Å². The maximum atomic E-state index is 5.17. The number of rotatable bonds is 5. The molecule has 1 heterocycles. The van der Waals surface area contributed by atoms with Crippen LogP contribution in [0.25, 0.3) is 0 Å². The average molecular weight is 248 g/mol. The molecule has 0 bridgehead atoms. The first-order valence-corrected chi connectivity index (χ1v) is 6.89. The summed E-state index contributed by atoms with van der Waals surface area (Å²) in [6.45, 7) is 3.96. The molecule has 1 aromatic carbocycles. The quantitative estimate of drug-likeness (QED) is 0.837. The zero-order valence-electron chi connectivity index (χ0n) is 11.2. The highest BCUT2D eigenvalue weighted by atomic mass is 16.5. The monoisotopic (exact) mass is 248 g/mol. The van der Waals surface area contributed by atoms with Gasteiger partial charge in [-0.25, -0.2) is 0 Å². The summed E-state index contributed by atoms with van der Waals surface area (Å²) in [5.74, 6) is 0. The third-order valence-corrected chi connectivity index (χ3v) is 3.47. The van der Waals surface area contributed by atoms with Gasteiger partial charge in [0.05, 0.1) is 6.61 Å². The Morgan fingerprint density at radius 3 is 3.06 bits per heavy atom. The molecular weight excluding hydrogens is 224 g/mol. The Labute approximate surface area is 110 Å². The van der Waals surface area contributed by atoms with Crippen LogP contribution in [0.4, 0.5) is 0 Å². The van der Waals surface area contributed by atoms with Gasteiger partial charge in [0.1, 0.15) is 0 Å². The lowest BCUT2D eigenvalue weighted by atomic mass is 10.1. The van der Waals surface area contributed by atoms with Gasteiger partial charge in [0.15, 0.2) is 0 Å². The normalized spacial score (nSPS) is 20.6. The van der Waals surface area contributed by atoms with Crippen LogP contribution >= 0.6 is 0 Å². The standard InChI is InChI=1S/C15H24N2O/c1-18-12-14-5-2-4-13(10-14)11-17-15-6-3-8-16-9-7-15/h2,4-5,10,15-17H,3,6-9,11-12H2,1H3. The third-order valence-electron chi connectivity index (χ3n) is 3.47. The van der Waals surface area contributed by atoms with Crippen LogP contribution in [-0.4, -0.2) is 26.2 Å². The van der Waals surface area contributed by atoms with E-state index in [0.717, 1.165) is 13.1 Å². The van der Waals surface area contributed by atoms with Crippen LogP contribution in [0.5, 0.6) is 0 Å². The molecule has 1 aromatic rings. The zero-order chi connectivity index (χ0) is 12.6. The maximum absolute atomic E-state index is 5.17. The number of benzene rings is 1. The summed E-state index contributed by atoms with van der Waals surface area (Å²) in [6, 6.07) is 9.29. The highest BCUT2D eigenvalue weighted by Crippen LogP contribution is 2.09. The molecule has 1 atom stereocenters. The van der Waals surface area contributed by atoms with Crippen LogP contribution in [0.15, 0.2) is 24.3 Å². The van der Waals surface area contributed by atoms with E-state index in [9.17, 15) is 0 Å². The van der Waals surface area contributed by atoms with Crippen molar-refractivity contribution in [1.82, 2.24) is 10.6 Å². The van der Waals surface area contributed by atoms with Gasteiger partial charge < -0.3 is 15.4 Å². The molecule has 0 amide bonds. The van der Waals surface area contributed by atoms with Crippen molar-refractivity contribution in [3.63, 3.8) is 0 Å². The summed E-state index contributed by atoms with van der Waals surface area (Å²) in [5.41, 5.74) is 2.60. The summed E-state index contributed by atoms with van der Waals surface area (Å²) in [6.07, 6.45) is 3.80. The van der Waals surface area contributed by atoms with Crippen LogP contribution in [0, 0.1) is 0 Å². The van der Waals surface area contributed by atoms with Crippen molar-refractivity contribution >= 4 is 0 Å². The smallest absolute Gasteiger partial charge is 0.0713 e. The minimum atomic E-state index is 0.658. The molecule has 0 aliphatic carbocycles. The van der Waals surface area contributed by atoms with E-state index >= 15 is 0 Å². The molecule has 1 aliphatic rings. The predicted octanol–water partition coefficient (Wildman–Crippen LogP) is 2.06. The molecule has 1 unspecified atom stereocenters. The molecule has 0 saturated carbocycles. The van der Waals surface area contributed by atoms with Crippen LogP contribution in [0.2, 0.25) is 0 Å². The molecule has 3 nitrogen and oxygen atoms in total. The van der Waals surface area contributed by atoms with E-state index in [1.165, 1.54) is 36.9 Å². The number of hydrogen-bond donors (Lipinski definition) is 2. The Kier molecular flexibility index (Phi) is 5.65. The molecule has 2 rings (SSSR count). The van der Waals surface area contributed by atoms with E-state index in [1.54, 1.807) is 7.11 Å². The Morgan fingerprint density at radius 2 is 2.17 bits per heavy atom. The van der Waals surface area contributed by atoms with Crippen LogP contribution in [0.1, 0.15) is 30.4 Å². The van der Waals surface area contributed by atoms with Crippen molar-refractivity contribution in [2.24, 2.45) is 0 Å². The van der Waals surface area contributed by atoms with Gasteiger partial charge in [-0.1, -0.05) is 24.3 Å². The molecule has 1 fully saturated rings. The third kappa shape index (κ3) is 4.41. The summed E-state index contributed by atoms with van der Waals surface area (Å²) < 4.78 is 5.17. The molecule has 0 spiro atoms. The fourth-order valence-electron chi connectivity index (χ4n) is 2.48. The van der Waals surface area contributed by atoms with E-state index in [4.69, 9.17) is 4.74 Å². The topological polar surface area (TPSA) is 33.3 Å². The van der Waals surface area contributed by atoms with Crippen molar-refractivity contribution in [1.29, 1.82) is 0 Å². The summed E-state index contributed by atoms with van der Waals surface area (Å²) in [4.78, 5) is 0. The summed E-state index contributed by atoms with van der Waals surface area (Å²) >= 11 is 0. The Hall–Kier alpha value is -0.900. The maximum Gasteiger partial charge on any atom is 0.0713 e. The summed E-state index contributed by atoms with van der Waals surface area (Å²) in [7, 11) is 1.74. The van der Waals surface area contributed by atoms with Gasteiger partial charge in [0, 0.05) is 19.7 Å². The number of methoxy groups -OCH3 is 1. The van der Waals surface area contributed by atoms with Gasteiger partial charge in [0.2, 0.25) is 0 Å². The molecule has 1 saturated heterocycles. The molecule has 2 N–H and O–H groups in total. The van der Waals surface area contributed by atoms with E-state index in [-0.39, 0.29) is 0 Å². The van der Waals surface area contributed by atoms with Crippen molar-refractivity contribution in [3.05, 3.63) is 35.4 Å². The molecule has 0 aromatic heterocycles. The Balaban J connectivity index is 1.83. The first-order chi connectivity index (χ1) is 8.88. The second-order valence-electron chi connectivity index (χ2n) is 5.01. The molecule has 100 valence electrons. The van der Waals surface area contributed by atoms with Gasteiger partial charge >= 0.3 is 0 Å². The van der Waals surface area contributed by atoms with E-state index in [2.05, 4.69) is 34.9 Å².